The van der Waals surface area contributed by atoms with Crippen LogP contribution in [0.1, 0.15) is 34.3 Å². The molecule has 3 aromatic rings. The number of carboxylic acids is 1. The lowest BCUT2D eigenvalue weighted by atomic mass is 10.0. The SMILES string of the molecule is O=C(O)c1ccc(COc2cc(-c3ccc(OCC4CC4)nc3)cc(C(F)(F)F)c2)cc1. The predicted molar refractivity (Wildman–Crippen MR) is 111 cm³/mol. The molecular weight excluding hydrogens is 423 g/mol. The van der Waals surface area contributed by atoms with Crippen LogP contribution < -0.4 is 9.47 Å². The Bertz CT molecular complexity index is 1090. The molecule has 32 heavy (non-hydrogen) atoms. The van der Waals surface area contributed by atoms with E-state index >= 15 is 0 Å². The van der Waals surface area contributed by atoms with Crippen molar-refractivity contribution in [1.82, 2.24) is 4.98 Å². The van der Waals surface area contributed by atoms with Crippen LogP contribution in [0.3, 0.4) is 0 Å². The highest BCUT2D eigenvalue weighted by molar-refractivity contribution is 5.87. The van der Waals surface area contributed by atoms with Crippen LogP contribution in [0.5, 0.6) is 11.6 Å². The minimum atomic E-state index is -4.54. The fraction of sp³-hybridized carbons (Fsp3) is 0.250. The third-order valence-corrected chi connectivity index (χ3v) is 5.07. The number of carbonyl (C=O) groups is 1. The number of aromatic carboxylic acids is 1. The zero-order valence-electron chi connectivity index (χ0n) is 16.9. The first-order valence-electron chi connectivity index (χ1n) is 10.0. The number of nitrogens with zero attached hydrogens (tertiary/aromatic N) is 1. The first-order chi connectivity index (χ1) is 15.3. The van der Waals surface area contributed by atoms with E-state index in [1.165, 1.54) is 24.4 Å². The number of hydrogen-bond acceptors (Lipinski definition) is 4. The molecule has 2 aromatic carbocycles. The smallest absolute Gasteiger partial charge is 0.416 e. The van der Waals surface area contributed by atoms with Gasteiger partial charge in [-0.25, -0.2) is 9.78 Å². The molecule has 0 atom stereocenters. The fourth-order valence-corrected chi connectivity index (χ4v) is 3.05. The molecule has 0 spiro atoms. The Morgan fingerprint density at radius 1 is 1.00 bits per heavy atom. The van der Waals surface area contributed by atoms with Gasteiger partial charge in [0, 0.05) is 17.8 Å². The van der Waals surface area contributed by atoms with Crippen LogP contribution >= 0.6 is 0 Å². The first-order valence-corrected chi connectivity index (χ1v) is 10.0. The summed E-state index contributed by atoms with van der Waals surface area (Å²) < 4.78 is 51.5. The summed E-state index contributed by atoms with van der Waals surface area (Å²) in [5.74, 6) is -0.00218. The van der Waals surface area contributed by atoms with Crippen molar-refractivity contribution in [2.45, 2.75) is 25.6 Å². The molecule has 5 nitrogen and oxygen atoms in total. The summed E-state index contributed by atoms with van der Waals surface area (Å²) in [5.41, 5.74) is 0.739. The van der Waals surface area contributed by atoms with Crippen LogP contribution in [0, 0.1) is 5.92 Å². The van der Waals surface area contributed by atoms with Crippen molar-refractivity contribution in [2.75, 3.05) is 6.61 Å². The normalized spacial score (nSPS) is 13.6. The summed E-state index contributed by atoms with van der Waals surface area (Å²) in [6.07, 6.45) is -0.770. The van der Waals surface area contributed by atoms with E-state index in [-0.39, 0.29) is 17.9 Å². The van der Waals surface area contributed by atoms with Gasteiger partial charge in [-0.05, 0) is 66.3 Å². The second kappa shape index (κ2) is 8.90. The molecule has 0 amide bonds. The molecule has 0 unspecified atom stereocenters. The molecule has 1 aliphatic carbocycles. The lowest BCUT2D eigenvalue weighted by Crippen LogP contribution is -2.06. The van der Waals surface area contributed by atoms with Gasteiger partial charge < -0.3 is 14.6 Å². The van der Waals surface area contributed by atoms with E-state index in [2.05, 4.69) is 4.98 Å². The predicted octanol–water partition coefficient (Wildman–Crippen LogP) is 5.83. The van der Waals surface area contributed by atoms with Crippen LogP contribution in [-0.2, 0) is 12.8 Å². The Labute approximate surface area is 182 Å². The summed E-state index contributed by atoms with van der Waals surface area (Å²) in [4.78, 5) is 15.1. The van der Waals surface area contributed by atoms with E-state index < -0.39 is 17.7 Å². The quantitative estimate of drug-likeness (QED) is 0.474. The molecule has 0 radical (unpaired) electrons. The maximum absolute atomic E-state index is 13.4. The van der Waals surface area contributed by atoms with Gasteiger partial charge in [0.25, 0.3) is 0 Å². The molecule has 1 heterocycles. The molecule has 166 valence electrons. The maximum atomic E-state index is 13.4. The minimum Gasteiger partial charge on any atom is -0.489 e. The number of ether oxygens (including phenoxy) is 2. The van der Waals surface area contributed by atoms with Crippen LogP contribution in [0.2, 0.25) is 0 Å². The van der Waals surface area contributed by atoms with Crippen LogP contribution in [-0.4, -0.2) is 22.7 Å². The van der Waals surface area contributed by atoms with Crippen molar-refractivity contribution in [2.24, 2.45) is 5.92 Å². The summed E-state index contributed by atoms with van der Waals surface area (Å²) in [7, 11) is 0. The summed E-state index contributed by atoms with van der Waals surface area (Å²) in [5, 5.41) is 8.95. The number of halogens is 3. The van der Waals surface area contributed by atoms with Gasteiger partial charge in [0.2, 0.25) is 5.88 Å². The lowest BCUT2D eigenvalue weighted by molar-refractivity contribution is -0.137. The monoisotopic (exact) mass is 443 g/mol. The lowest BCUT2D eigenvalue weighted by Gasteiger charge is -2.14. The molecule has 1 fully saturated rings. The average molecular weight is 443 g/mol. The van der Waals surface area contributed by atoms with Gasteiger partial charge in [0.1, 0.15) is 12.4 Å². The maximum Gasteiger partial charge on any atom is 0.416 e. The van der Waals surface area contributed by atoms with Gasteiger partial charge in [0.05, 0.1) is 17.7 Å². The van der Waals surface area contributed by atoms with E-state index in [4.69, 9.17) is 14.6 Å². The Morgan fingerprint density at radius 2 is 1.75 bits per heavy atom. The Morgan fingerprint density at radius 3 is 2.34 bits per heavy atom. The molecule has 1 aliphatic rings. The highest BCUT2D eigenvalue weighted by Gasteiger charge is 2.31. The number of rotatable bonds is 8. The fourth-order valence-electron chi connectivity index (χ4n) is 3.05. The second-order valence-electron chi connectivity index (χ2n) is 7.67. The van der Waals surface area contributed by atoms with Crippen molar-refractivity contribution in [1.29, 1.82) is 0 Å². The van der Waals surface area contributed by atoms with Crippen molar-refractivity contribution >= 4 is 5.97 Å². The van der Waals surface area contributed by atoms with Crippen molar-refractivity contribution < 1.29 is 32.5 Å². The summed E-state index contributed by atoms with van der Waals surface area (Å²) in [6, 6.07) is 12.8. The average Bonchev–Trinajstić information content (AvgIpc) is 3.61. The number of pyridine rings is 1. The molecule has 1 aromatic heterocycles. The van der Waals surface area contributed by atoms with E-state index in [0.29, 0.717) is 35.1 Å². The number of benzene rings is 2. The zero-order chi connectivity index (χ0) is 22.7. The third kappa shape index (κ3) is 5.57. The topological polar surface area (TPSA) is 68.7 Å². The molecule has 1 saturated carbocycles. The Hall–Kier alpha value is -3.55. The standard InChI is InChI=1S/C24H20F3NO4/c25-24(26,27)20-9-19(18-7-8-22(28-12-18)32-14-15-1-2-15)10-21(11-20)31-13-16-3-5-17(6-4-16)23(29)30/h3-12,15H,1-2,13-14H2,(H,29,30). The van der Waals surface area contributed by atoms with E-state index in [1.54, 1.807) is 24.3 Å². The molecule has 4 rings (SSSR count). The van der Waals surface area contributed by atoms with Gasteiger partial charge >= 0.3 is 12.1 Å². The number of aromatic nitrogens is 1. The molecule has 0 saturated heterocycles. The third-order valence-electron chi connectivity index (χ3n) is 5.07. The minimum absolute atomic E-state index is 0.00710. The highest BCUT2D eigenvalue weighted by atomic mass is 19.4. The van der Waals surface area contributed by atoms with Gasteiger partial charge in [-0.1, -0.05) is 12.1 Å². The number of carboxylic acid groups (broad SMARTS) is 1. The number of alkyl halides is 3. The first kappa shape index (κ1) is 21.7. The highest BCUT2D eigenvalue weighted by Crippen LogP contribution is 2.36. The van der Waals surface area contributed by atoms with Gasteiger partial charge in [-0.2, -0.15) is 13.2 Å². The van der Waals surface area contributed by atoms with Gasteiger partial charge in [-0.3, -0.25) is 0 Å². The Balaban J connectivity index is 1.53. The molecule has 1 N–H and O–H groups in total. The second-order valence-corrected chi connectivity index (χ2v) is 7.67. The van der Waals surface area contributed by atoms with Crippen molar-refractivity contribution in [3.8, 4) is 22.8 Å². The van der Waals surface area contributed by atoms with Crippen LogP contribution in [0.4, 0.5) is 13.2 Å². The molecule has 8 heteroatoms. The van der Waals surface area contributed by atoms with Crippen LogP contribution in [0.25, 0.3) is 11.1 Å². The Kier molecular flexibility index (Phi) is 6.03. The zero-order valence-corrected chi connectivity index (χ0v) is 16.9. The molecule has 0 bridgehead atoms. The van der Waals surface area contributed by atoms with Crippen molar-refractivity contribution in [3.05, 3.63) is 77.5 Å². The summed E-state index contributed by atoms with van der Waals surface area (Å²) in [6.45, 7) is 0.591. The van der Waals surface area contributed by atoms with Gasteiger partial charge in [0.15, 0.2) is 0 Å². The summed E-state index contributed by atoms with van der Waals surface area (Å²) >= 11 is 0. The van der Waals surface area contributed by atoms with Crippen molar-refractivity contribution in [3.63, 3.8) is 0 Å². The largest absolute Gasteiger partial charge is 0.489 e. The molecular formula is C24H20F3NO4. The van der Waals surface area contributed by atoms with E-state index in [9.17, 15) is 18.0 Å². The van der Waals surface area contributed by atoms with Crippen LogP contribution in [0.15, 0.2) is 60.8 Å². The molecule has 0 aliphatic heterocycles. The van der Waals surface area contributed by atoms with Gasteiger partial charge in [-0.15, -0.1) is 0 Å². The number of hydrogen-bond donors (Lipinski definition) is 1. The van der Waals surface area contributed by atoms with E-state index in [1.807, 2.05) is 0 Å². The van der Waals surface area contributed by atoms with E-state index in [0.717, 1.165) is 25.0 Å².